The summed E-state index contributed by atoms with van der Waals surface area (Å²) in [6.07, 6.45) is 0. The lowest BCUT2D eigenvalue weighted by Crippen LogP contribution is -2.02. The predicted octanol–water partition coefficient (Wildman–Crippen LogP) is 3.63. The summed E-state index contributed by atoms with van der Waals surface area (Å²) in [5.74, 6) is 1.47. The number of aryl methyl sites for hydroxylation is 1. The molecule has 2 aromatic rings. The highest BCUT2D eigenvalue weighted by Crippen LogP contribution is 2.22. The number of ether oxygens (including phenoxy) is 2. The molecule has 0 N–H and O–H groups in total. The van der Waals surface area contributed by atoms with Gasteiger partial charge in [0.15, 0.2) is 5.78 Å². The normalized spacial score (nSPS) is 10.2. The number of ketones is 1. The van der Waals surface area contributed by atoms with Crippen molar-refractivity contribution in [2.75, 3.05) is 13.7 Å². The lowest BCUT2D eigenvalue weighted by atomic mass is 10.0. The van der Waals surface area contributed by atoms with E-state index >= 15 is 0 Å². The molecule has 0 unspecified atom stereocenters. The first-order chi connectivity index (χ1) is 9.65. The molecule has 2 aromatic carbocycles. The van der Waals surface area contributed by atoms with E-state index in [0.717, 1.165) is 17.1 Å². The average Bonchev–Trinajstić information content (AvgIpc) is 2.48. The smallest absolute Gasteiger partial charge is 0.193 e. The van der Waals surface area contributed by atoms with Crippen LogP contribution in [0.3, 0.4) is 0 Å². The molecular formula is C17H18O3. The van der Waals surface area contributed by atoms with Crippen LogP contribution in [0.1, 0.15) is 28.4 Å². The van der Waals surface area contributed by atoms with Gasteiger partial charge in [-0.1, -0.05) is 12.1 Å². The monoisotopic (exact) mass is 270 g/mol. The Balaban J connectivity index is 2.26. The van der Waals surface area contributed by atoms with Crippen molar-refractivity contribution in [2.45, 2.75) is 13.8 Å². The molecule has 3 heteroatoms. The van der Waals surface area contributed by atoms with E-state index in [1.165, 1.54) is 0 Å². The van der Waals surface area contributed by atoms with Gasteiger partial charge in [-0.3, -0.25) is 4.79 Å². The van der Waals surface area contributed by atoms with Crippen LogP contribution in [-0.4, -0.2) is 19.5 Å². The van der Waals surface area contributed by atoms with Crippen molar-refractivity contribution in [3.63, 3.8) is 0 Å². The fraction of sp³-hybridized carbons (Fsp3) is 0.235. The third-order valence-electron chi connectivity index (χ3n) is 3.10. The molecule has 3 nitrogen and oxygen atoms in total. The standard InChI is InChI=1S/C17H18O3/c1-4-20-15-9-7-13(8-10-15)17(18)14-6-5-12(2)16(11-14)19-3/h5-11H,4H2,1-3H3. The summed E-state index contributed by atoms with van der Waals surface area (Å²) in [5, 5.41) is 0. The van der Waals surface area contributed by atoms with Gasteiger partial charge in [0.1, 0.15) is 11.5 Å². The number of rotatable bonds is 5. The van der Waals surface area contributed by atoms with Gasteiger partial charge in [-0.05, 0) is 49.7 Å². The first-order valence-corrected chi connectivity index (χ1v) is 6.58. The van der Waals surface area contributed by atoms with Gasteiger partial charge in [-0.15, -0.1) is 0 Å². The van der Waals surface area contributed by atoms with E-state index in [0.29, 0.717) is 17.7 Å². The van der Waals surface area contributed by atoms with Crippen molar-refractivity contribution in [1.29, 1.82) is 0 Å². The Bertz CT molecular complexity index is 600. The third-order valence-corrected chi connectivity index (χ3v) is 3.10. The van der Waals surface area contributed by atoms with Crippen LogP contribution in [-0.2, 0) is 0 Å². The highest BCUT2D eigenvalue weighted by atomic mass is 16.5. The molecule has 0 heterocycles. The fourth-order valence-electron chi connectivity index (χ4n) is 2.00. The zero-order chi connectivity index (χ0) is 14.5. The van der Waals surface area contributed by atoms with Crippen LogP contribution >= 0.6 is 0 Å². The zero-order valence-electron chi connectivity index (χ0n) is 12.0. The molecule has 0 amide bonds. The zero-order valence-corrected chi connectivity index (χ0v) is 12.0. The fourth-order valence-corrected chi connectivity index (χ4v) is 2.00. The van der Waals surface area contributed by atoms with Gasteiger partial charge in [-0.25, -0.2) is 0 Å². The van der Waals surface area contributed by atoms with Crippen molar-refractivity contribution in [1.82, 2.24) is 0 Å². The number of carbonyl (C=O) groups excluding carboxylic acids is 1. The molecule has 0 aromatic heterocycles. The highest BCUT2D eigenvalue weighted by molar-refractivity contribution is 6.09. The van der Waals surface area contributed by atoms with Gasteiger partial charge < -0.3 is 9.47 Å². The van der Waals surface area contributed by atoms with Gasteiger partial charge >= 0.3 is 0 Å². The SMILES string of the molecule is CCOc1ccc(C(=O)c2ccc(C)c(OC)c2)cc1. The van der Waals surface area contributed by atoms with Crippen LogP contribution in [0.2, 0.25) is 0 Å². The van der Waals surface area contributed by atoms with Crippen LogP contribution in [0.25, 0.3) is 0 Å². The summed E-state index contributed by atoms with van der Waals surface area (Å²) in [7, 11) is 1.60. The molecule has 20 heavy (non-hydrogen) atoms. The number of hydrogen-bond donors (Lipinski definition) is 0. The van der Waals surface area contributed by atoms with Crippen LogP contribution in [0, 0.1) is 6.92 Å². The molecule has 2 rings (SSSR count). The maximum atomic E-state index is 12.4. The molecule has 0 saturated carbocycles. The molecule has 0 bridgehead atoms. The Labute approximate surface area is 119 Å². The average molecular weight is 270 g/mol. The lowest BCUT2D eigenvalue weighted by Gasteiger charge is -2.08. The van der Waals surface area contributed by atoms with E-state index in [1.807, 2.05) is 38.1 Å². The summed E-state index contributed by atoms with van der Waals surface area (Å²) in [5.41, 5.74) is 2.27. The third kappa shape index (κ3) is 2.99. The number of hydrogen-bond acceptors (Lipinski definition) is 3. The van der Waals surface area contributed by atoms with Gasteiger partial charge in [0.05, 0.1) is 13.7 Å². The second kappa shape index (κ2) is 6.24. The van der Waals surface area contributed by atoms with Gasteiger partial charge in [0.2, 0.25) is 0 Å². The van der Waals surface area contributed by atoms with Crippen molar-refractivity contribution in [2.24, 2.45) is 0 Å². The summed E-state index contributed by atoms with van der Waals surface area (Å²) in [6.45, 7) is 4.49. The molecule has 0 spiro atoms. The second-order valence-electron chi connectivity index (χ2n) is 4.47. The summed E-state index contributed by atoms with van der Waals surface area (Å²) >= 11 is 0. The summed E-state index contributed by atoms with van der Waals surface area (Å²) in [6, 6.07) is 12.6. The highest BCUT2D eigenvalue weighted by Gasteiger charge is 2.11. The minimum Gasteiger partial charge on any atom is -0.496 e. The first kappa shape index (κ1) is 14.1. The van der Waals surface area contributed by atoms with Crippen molar-refractivity contribution in [3.8, 4) is 11.5 Å². The molecule has 0 aliphatic rings. The van der Waals surface area contributed by atoms with Crippen LogP contribution < -0.4 is 9.47 Å². The maximum Gasteiger partial charge on any atom is 0.193 e. The molecule has 0 aliphatic heterocycles. The van der Waals surface area contributed by atoms with Crippen molar-refractivity contribution in [3.05, 3.63) is 59.2 Å². The molecule has 0 fully saturated rings. The van der Waals surface area contributed by atoms with Crippen molar-refractivity contribution < 1.29 is 14.3 Å². The largest absolute Gasteiger partial charge is 0.496 e. The first-order valence-electron chi connectivity index (χ1n) is 6.58. The van der Waals surface area contributed by atoms with E-state index in [4.69, 9.17) is 9.47 Å². The molecule has 0 radical (unpaired) electrons. The van der Waals surface area contributed by atoms with E-state index in [2.05, 4.69) is 0 Å². The molecule has 0 saturated heterocycles. The molecule has 0 aliphatic carbocycles. The maximum absolute atomic E-state index is 12.4. The number of carbonyl (C=O) groups is 1. The Morgan fingerprint density at radius 2 is 1.70 bits per heavy atom. The Morgan fingerprint density at radius 1 is 1.05 bits per heavy atom. The van der Waals surface area contributed by atoms with E-state index in [-0.39, 0.29) is 5.78 Å². The van der Waals surface area contributed by atoms with Gasteiger partial charge in [0.25, 0.3) is 0 Å². The quantitative estimate of drug-likeness (QED) is 0.778. The van der Waals surface area contributed by atoms with Crippen LogP contribution in [0.15, 0.2) is 42.5 Å². The lowest BCUT2D eigenvalue weighted by molar-refractivity contribution is 0.103. The number of methoxy groups -OCH3 is 1. The molecular weight excluding hydrogens is 252 g/mol. The molecule has 104 valence electrons. The van der Waals surface area contributed by atoms with Gasteiger partial charge in [0, 0.05) is 11.1 Å². The minimum absolute atomic E-state index is 0.0219. The molecule has 0 atom stereocenters. The number of benzene rings is 2. The minimum atomic E-state index is -0.0219. The van der Waals surface area contributed by atoms with Crippen LogP contribution in [0.4, 0.5) is 0 Å². The topological polar surface area (TPSA) is 35.5 Å². The Kier molecular flexibility index (Phi) is 4.41. The summed E-state index contributed by atoms with van der Waals surface area (Å²) < 4.78 is 10.6. The predicted molar refractivity (Wildman–Crippen MR) is 78.8 cm³/mol. The Hall–Kier alpha value is -2.29. The van der Waals surface area contributed by atoms with E-state index in [9.17, 15) is 4.79 Å². The second-order valence-corrected chi connectivity index (χ2v) is 4.47. The van der Waals surface area contributed by atoms with E-state index in [1.54, 1.807) is 25.3 Å². The summed E-state index contributed by atoms with van der Waals surface area (Å²) in [4.78, 5) is 12.4. The van der Waals surface area contributed by atoms with E-state index < -0.39 is 0 Å². The van der Waals surface area contributed by atoms with Crippen molar-refractivity contribution >= 4 is 5.78 Å². The van der Waals surface area contributed by atoms with Gasteiger partial charge in [-0.2, -0.15) is 0 Å². The van der Waals surface area contributed by atoms with Crippen LogP contribution in [0.5, 0.6) is 11.5 Å². The Morgan fingerprint density at radius 3 is 2.30 bits per heavy atom.